The lowest BCUT2D eigenvalue weighted by Gasteiger charge is -2.16. The van der Waals surface area contributed by atoms with E-state index in [0.717, 1.165) is 24.1 Å². The van der Waals surface area contributed by atoms with Gasteiger partial charge >= 0.3 is 0 Å². The molecule has 1 aromatic rings. The molecule has 0 aliphatic carbocycles. The Balaban J connectivity index is 2.38. The van der Waals surface area contributed by atoms with E-state index in [0.29, 0.717) is 13.2 Å². The van der Waals surface area contributed by atoms with Crippen LogP contribution in [0.25, 0.3) is 0 Å². The van der Waals surface area contributed by atoms with Crippen LogP contribution in [0.2, 0.25) is 0 Å². The van der Waals surface area contributed by atoms with E-state index >= 15 is 0 Å². The topological polar surface area (TPSA) is 50.4 Å². The van der Waals surface area contributed by atoms with Gasteiger partial charge in [0.15, 0.2) is 0 Å². The predicted octanol–water partition coefficient (Wildman–Crippen LogP) is 2.34. The summed E-state index contributed by atoms with van der Waals surface area (Å²) in [5.74, 6) is -0.0252. The fraction of sp³-hybridized carbons (Fsp3) is 0.533. The van der Waals surface area contributed by atoms with Crippen LogP contribution in [-0.4, -0.2) is 32.2 Å². The number of nitrogens with one attached hydrogen (secondary N) is 2. The Hall–Kier alpha value is -1.39. The van der Waals surface area contributed by atoms with Crippen LogP contribution in [0.3, 0.4) is 0 Å². The molecule has 0 aliphatic heterocycles. The summed E-state index contributed by atoms with van der Waals surface area (Å²) in [6, 6.07) is 8.02. The van der Waals surface area contributed by atoms with Crippen molar-refractivity contribution in [2.45, 2.75) is 32.7 Å². The van der Waals surface area contributed by atoms with Crippen molar-refractivity contribution in [2.75, 3.05) is 25.6 Å². The number of methoxy groups -OCH3 is 1. The summed E-state index contributed by atoms with van der Waals surface area (Å²) in [4.78, 5) is 11.8. The number of hydrogen-bond acceptors (Lipinski definition) is 3. The van der Waals surface area contributed by atoms with E-state index in [9.17, 15) is 4.79 Å². The average Bonchev–Trinajstić information content (AvgIpc) is 2.36. The Bertz CT molecular complexity index is 387. The second kappa shape index (κ2) is 8.67. The number of anilines is 1. The number of carbonyl (C=O) groups is 1. The molecule has 0 spiro atoms. The number of ether oxygens (including phenoxy) is 1. The van der Waals surface area contributed by atoms with Crippen molar-refractivity contribution in [3.05, 3.63) is 29.8 Å². The van der Waals surface area contributed by atoms with Crippen molar-refractivity contribution >= 4 is 11.6 Å². The first kappa shape index (κ1) is 15.7. The van der Waals surface area contributed by atoms with Crippen LogP contribution in [0, 0.1) is 6.92 Å². The average molecular weight is 264 g/mol. The van der Waals surface area contributed by atoms with Crippen LogP contribution in [0.15, 0.2) is 24.3 Å². The van der Waals surface area contributed by atoms with Gasteiger partial charge in [0.25, 0.3) is 0 Å². The summed E-state index contributed by atoms with van der Waals surface area (Å²) in [6.45, 7) is 5.06. The first-order valence-electron chi connectivity index (χ1n) is 6.74. The quantitative estimate of drug-likeness (QED) is 0.757. The molecular formula is C15H24N2O2. The van der Waals surface area contributed by atoms with Gasteiger partial charge in [0.05, 0.1) is 13.2 Å². The number of benzene rings is 1. The molecule has 2 N–H and O–H groups in total. The Labute approximate surface area is 115 Å². The molecule has 0 bridgehead atoms. The van der Waals surface area contributed by atoms with Gasteiger partial charge in [-0.25, -0.2) is 0 Å². The van der Waals surface area contributed by atoms with Crippen molar-refractivity contribution < 1.29 is 9.53 Å². The summed E-state index contributed by atoms with van der Waals surface area (Å²) >= 11 is 0. The zero-order valence-corrected chi connectivity index (χ0v) is 12.0. The highest BCUT2D eigenvalue weighted by atomic mass is 16.5. The lowest BCUT2D eigenvalue weighted by Crippen LogP contribution is -2.38. The van der Waals surface area contributed by atoms with Crippen molar-refractivity contribution in [3.63, 3.8) is 0 Å². The van der Waals surface area contributed by atoms with Gasteiger partial charge in [-0.2, -0.15) is 0 Å². The molecule has 1 amide bonds. The standard InChI is InChI=1S/C15H24N2O2/c1-4-6-14(11-19-3)16-10-15(18)17-13-8-5-7-12(2)9-13/h5,7-9,14,16H,4,6,10-11H2,1-3H3,(H,17,18). The molecule has 1 atom stereocenters. The largest absolute Gasteiger partial charge is 0.383 e. The third-order valence-electron chi connectivity index (χ3n) is 2.86. The molecule has 0 radical (unpaired) electrons. The summed E-state index contributed by atoms with van der Waals surface area (Å²) < 4.78 is 5.13. The molecule has 0 saturated heterocycles. The van der Waals surface area contributed by atoms with Crippen molar-refractivity contribution in [1.82, 2.24) is 5.32 Å². The van der Waals surface area contributed by atoms with Crippen LogP contribution in [0.5, 0.6) is 0 Å². The Morgan fingerprint density at radius 2 is 2.21 bits per heavy atom. The van der Waals surface area contributed by atoms with Gasteiger partial charge in [-0.15, -0.1) is 0 Å². The van der Waals surface area contributed by atoms with E-state index < -0.39 is 0 Å². The van der Waals surface area contributed by atoms with E-state index in [1.54, 1.807) is 7.11 Å². The minimum absolute atomic E-state index is 0.0252. The highest BCUT2D eigenvalue weighted by Gasteiger charge is 2.09. The lowest BCUT2D eigenvalue weighted by molar-refractivity contribution is -0.115. The van der Waals surface area contributed by atoms with Gasteiger partial charge < -0.3 is 15.4 Å². The third-order valence-corrected chi connectivity index (χ3v) is 2.86. The first-order chi connectivity index (χ1) is 9.15. The minimum Gasteiger partial charge on any atom is -0.383 e. The minimum atomic E-state index is -0.0252. The molecule has 1 aromatic carbocycles. The molecule has 4 heteroatoms. The van der Waals surface area contributed by atoms with Crippen LogP contribution >= 0.6 is 0 Å². The van der Waals surface area contributed by atoms with E-state index in [1.165, 1.54) is 0 Å². The maximum absolute atomic E-state index is 11.8. The molecule has 4 nitrogen and oxygen atoms in total. The van der Waals surface area contributed by atoms with E-state index in [-0.39, 0.29) is 11.9 Å². The highest BCUT2D eigenvalue weighted by Crippen LogP contribution is 2.09. The molecular weight excluding hydrogens is 240 g/mol. The van der Waals surface area contributed by atoms with Gasteiger partial charge in [-0.1, -0.05) is 25.5 Å². The van der Waals surface area contributed by atoms with Crippen molar-refractivity contribution in [1.29, 1.82) is 0 Å². The van der Waals surface area contributed by atoms with Gasteiger partial charge in [-0.05, 0) is 31.0 Å². The van der Waals surface area contributed by atoms with Gasteiger partial charge in [0, 0.05) is 18.8 Å². The fourth-order valence-corrected chi connectivity index (χ4v) is 1.96. The Kier molecular flexibility index (Phi) is 7.15. The molecule has 1 rings (SSSR count). The number of carbonyl (C=O) groups excluding carboxylic acids is 1. The molecule has 0 aliphatic rings. The molecule has 1 unspecified atom stereocenters. The molecule has 106 valence electrons. The summed E-state index contributed by atoms with van der Waals surface area (Å²) in [7, 11) is 1.68. The van der Waals surface area contributed by atoms with Crippen molar-refractivity contribution in [3.8, 4) is 0 Å². The Morgan fingerprint density at radius 3 is 2.84 bits per heavy atom. The zero-order valence-electron chi connectivity index (χ0n) is 12.0. The zero-order chi connectivity index (χ0) is 14.1. The Morgan fingerprint density at radius 1 is 1.42 bits per heavy atom. The third kappa shape index (κ3) is 6.36. The normalized spacial score (nSPS) is 12.2. The van der Waals surface area contributed by atoms with E-state index in [1.807, 2.05) is 31.2 Å². The van der Waals surface area contributed by atoms with Crippen LogP contribution in [-0.2, 0) is 9.53 Å². The molecule has 0 aromatic heterocycles. The second-order valence-corrected chi connectivity index (χ2v) is 4.74. The number of aryl methyl sites for hydroxylation is 1. The van der Waals surface area contributed by atoms with Crippen LogP contribution < -0.4 is 10.6 Å². The second-order valence-electron chi connectivity index (χ2n) is 4.74. The maximum atomic E-state index is 11.8. The fourth-order valence-electron chi connectivity index (χ4n) is 1.96. The molecule has 0 fully saturated rings. The SMILES string of the molecule is CCCC(COC)NCC(=O)Nc1cccc(C)c1. The lowest BCUT2D eigenvalue weighted by atomic mass is 10.2. The molecule has 0 saturated carbocycles. The summed E-state index contributed by atoms with van der Waals surface area (Å²) in [5.41, 5.74) is 1.97. The highest BCUT2D eigenvalue weighted by molar-refractivity contribution is 5.92. The number of hydrogen-bond donors (Lipinski definition) is 2. The first-order valence-corrected chi connectivity index (χ1v) is 6.74. The van der Waals surface area contributed by atoms with Gasteiger partial charge in [0.2, 0.25) is 5.91 Å². The van der Waals surface area contributed by atoms with Crippen LogP contribution in [0.4, 0.5) is 5.69 Å². The smallest absolute Gasteiger partial charge is 0.238 e. The van der Waals surface area contributed by atoms with Gasteiger partial charge in [0.1, 0.15) is 0 Å². The predicted molar refractivity (Wildman–Crippen MR) is 78.4 cm³/mol. The summed E-state index contributed by atoms with van der Waals surface area (Å²) in [6.07, 6.45) is 2.08. The van der Waals surface area contributed by atoms with Gasteiger partial charge in [-0.3, -0.25) is 4.79 Å². The monoisotopic (exact) mass is 264 g/mol. The molecule has 0 heterocycles. The number of rotatable bonds is 8. The summed E-state index contributed by atoms with van der Waals surface area (Å²) in [5, 5.41) is 6.10. The molecule has 19 heavy (non-hydrogen) atoms. The van der Waals surface area contributed by atoms with Crippen molar-refractivity contribution in [2.24, 2.45) is 0 Å². The van der Waals surface area contributed by atoms with E-state index in [2.05, 4.69) is 17.6 Å². The maximum Gasteiger partial charge on any atom is 0.238 e. The van der Waals surface area contributed by atoms with Crippen LogP contribution in [0.1, 0.15) is 25.3 Å². The van der Waals surface area contributed by atoms with E-state index in [4.69, 9.17) is 4.74 Å². The number of amides is 1.